The van der Waals surface area contributed by atoms with Crippen LogP contribution in [0, 0.1) is 0 Å². The van der Waals surface area contributed by atoms with Crippen LogP contribution in [0.2, 0.25) is 0 Å². The molecule has 0 bridgehead atoms. The second kappa shape index (κ2) is 6.62. The molecule has 0 atom stereocenters. The van der Waals surface area contributed by atoms with Gasteiger partial charge in [0.2, 0.25) is 5.91 Å². The molecule has 1 heterocycles. The van der Waals surface area contributed by atoms with Crippen molar-refractivity contribution in [1.82, 2.24) is 10.2 Å². The van der Waals surface area contributed by atoms with Gasteiger partial charge in [-0.05, 0) is 25.7 Å². The highest BCUT2D eigenvalue weighted by Crippen LogP contribution is 2.08. The molecular formula is C12H22N2O. The van der Waals surface area contributed by atoms with Gasteiger partial charge < -0.3 is 10.2 Å². The van der Waals surface area contributed by atoms with E-state index < -0.39 is 0 Å². The molecule has 15 heavy (non-hydrogen) atoms. The summed E-state index contributed by atoms with van der Waals surface area (Å²) in [6.45, 7) is 9.07. The molecule has 0 spiro atoms. The zero-order chi connectivity index (χ0) is 11.1. The fraction of sp³-hybridized carbons (Fsp3) is 0.750. The van der Waals surface area contributed by atoms with Crippen molar-refractivity contribution in [1.29, 1.82) is 0 Å². The van der Waals surface area contributed by atoms with Crippen LogP contribution in [0.3, 0.4) is 0 Å². The Labute approximate surface area is 92.5 Å². The minimum absolute atomic E-state index is 0.235. The summed E-state index contributed by atoms with van der Waals surface area (Å²) in [4.78, 5) is 13.7. The van der Waals surface area contributed by atoms with Gasteiger partial charge in [0.05, 0.1) is 6.54 Å². The van der Waals surface area contributed by atoms with Crippen molar-refractivity contribution in [3.05, 3.63) is 12.2 Å². The van der Waals surface area contributed by atoms with E-state index in [0.29, 0.717) is 6.54 Å². The fourth-order valence-corrected chi connectivity index (χ4v) is 1.73. The highest BCUT2D eigenvalue weighted by atomic mass is 16.2. The molecular weight excluding hydrogens is 188 g/mol. The number of hydrogen-bond donors (Lipinski definition) is 1. The normalized spacial score (nSPS) is 16.5. The van der Waals surface area contributed by atoms with Gasteiger partial charge in [-0.3, -0.25) is 4.79 Å². The average Bonchev–Trinajstić information content (AvgIpc) is 2.29. The standard InChI is InChI=1S/C12H22N2O/c1-3-11(2)9-13-10-12(15)14-7-5-4-6-8-14/h13H,2-10H2,1H3. The van der Waals surface area contributed by atoms with Crippen molar-refractivity contribution < 1.29 is 4.79 Å². The Kier molecular flexibility index (Phi) is 5.40. The molecule has 3 heteroatoms. The second-order valence-corrected chi connectivity index (χ2v) is 4.15. The van der Waals surface area contributed by atoms with Crippen molar-refractivity contribution in [3.8, 4) is 0 Å². The molecule has 0 aliphatic carbocycles. The van der Waals surface area contributed by atoms with Crippen LogP contribution in [0.4, 0.5) is 0 Å². The lowest BCUT2D eigenvalue weighted by molar-refractivity contribution is -0.131. The number of carbonyl (C=O) groups is 1. The third-order valence-corrected chi connectivity index (χ3v) is 2.86. The molecule has 1 saturated heterocycles. The first kappa shape index (κ1) is 12.2. The summed E-state index contributed by atoms with van der Waals surface area (Å²) < 4.78 is 0. The lowest BCUT2D eigenvalue weighted by Crippen LogP contribution is -2.41. The number of nitrogens with zero attached hydrogens (tertiary/aromatic N) is 1. The molecule has 1 N–H and O–H groups in total. The zero-order valence-corrected chi connectivity index (χ0v) is 9.72. The van der Waals surface area contributed by atoms with Gasteiger partial charge in [0, 0.05) is 19.6 Å². The number of hydrogen-bond acceptors (Lipinski definition) is 2. The van der Waals surface area contributed by atoms with E-state index in [1.807, 2.05) is 4.90 Å². The number of amides is 1. The number of carbonyl (C=O) groups excluding carboxylic acids is 1. The first-order valence-electron chi connectivity index (χ1n) is 5.89. The smallest absolute Gasteiger partial charge is 0.236 e. The predicted molar refractivity (Wildman–Crippen MR) is 62.7 cm³/mol. The molecule has 0 aromatic heterocycles. The molecule has 1 aliphatic heterocycles. The Balaban J connectivity index is 2.14. The fourth-order valence-electron chi connectivity index (χ4n) is 1.73. The van der Waals surface area contributed by atoms with Crippen LogP contribution < -0.4 is 5.32 Å². The molecule has 3 nitrogen and oxygen atoms in total. The van der Waals surface area contributed by atoms with Gasteiger partial charge in [0.1, 0.15) is 0 Å². The average molecular weight is 210 g/mol. The van der Waals surface area contributed by atoms with Gasteiger partial charge in [-0.25, -0.2) is 0 Å². The number of piperidine rings is 1. The highest BCUT2D eigenvalue weighted by molar-refractivity contribution is 5.78. The van der Waals surface area contributed by atoms with Crippen LogP contribution >= 0.6 is 0 Å². The quantitative estimate of drug-likeness (QED) is 0.698. The van der Waals surface area contributed by atoms with E-state index in [1.54, 1.807) is 0 Å². The molecule has 86 valence electrons. The molecule has 1 aliphatic rings. The maximum absolute atomic E-state index is 11.7. The van der Waals surface area contributed by atoms with Gasteiger partial charge in [-0.1, -0.05) is 19.1 Å². The summed E-state index contributed by atoms with van der Waals surface area (Å²) in [5.41, 5.74) is 1.15. The Morgan fingerprint density at radius 3 is 2.53 bits per heavy atom. The minimum Gasteiger partial charge on any atom is -0.342 e. The highest BCUT2D eigenvalue weighted by Gasteiger charge is 2.15. The summed E-state index contributed by atoms with van der Waals surface area (Å²) in [6.07, 6.45) is 4.57. The van der Waals surface area contributed by atoms with Crippen LogP contribution in [-0.4, -0.2) is 37.0 Å². The summed E-state index contributed by atoms with van der Waals surface area (Å²) in [5, 5.41) is 3.14. The number of nitrogens with one attached hydrogen (secondary N) is 1. The van der Waals surface area contributed by atoms with Crippen LogP contribution in [0.15, 0.2) is 12.2 Å². The van der Waals surface area contributed by atoms with Crippen molar-refractivity contribution in [2.75, 3.05) is 26.2 Å². The second-order valence-electron chi connectivity index (χ2n) is 4.15. The molecule has 1 rings (SSSR count). The van der Waals surface area contributed by atoms with Crippen molar-refractivity contribution in [2.45, 2.75) is 32.6 Å². The molecule has 1 fully saturated rings. The molecule has 0 radical (unpaired) electrons. The van der Waals surface area contributed by atoms with Crippen LogP contribution in [-0.2, 0) is 4.79 Å². The minimum atomic E-state index is 0.235. The Morgan fingerprint density at radius 1 is 1.27 bits per heavy atom. The third-order valence-electron chi connectivity index (χ3n) is 2.86. The van der Waals surface area contributed by atoms with E-state index in [1.165, 1.54) is 6.42 Å². The predicted octanol–water partition coefficient (Wildman–Crippen LogP) is 1.55. The maximum atomic E-state index is 11.7. The summed E-state index contributed by atoms with van der Waals surface area (Å²) >= 11 is 0. The van der Waals surface area contributed by atoms with Crippen molar-refractivity contribution in [2.24, 2.45) is 0 Å². The van der Waals surface area contributed by atoms with E-state index in [4.69, 9.17) is 0 Å². The van der Waals surface area contributed by atoms with Gasteiger partial charge in [-0.2, -0.15) is 0 Å². The van der Waals surface area contributed by atoms with Gasteiger partial charge >= 0.3 is 0 Å². The molecule has 0 aromatic carbocycles. The van der Waals surface area contributed by atoms with Gasteiger partial charge in [-0.15, -0.1) is 0 Å². The van der Waals surface area contributed by atoms with Crippen LogP contribution in [0.1, 0.15) is 32.6 Å². The summed E-state index contributed by atoms with van der Waals surface area (Å²) in [5.74, 6) is 0.235. The van der Waals surface area contributed by atoms with E-state index in [-0.39, 0.29) is 5.91 Å². The number of rotatable bonds is 5. The van der Waals surface area contributed by atoms with Crippen LogP contribution in [0.25, 0.3) is 0 Å². The first-order valence-corrected chi connectivity index (χ1v) is 5.89. The van der Waals surface area contributed by atoms with Crippen LogP contribution in [0.5, 0.6) is 0 Å². The van der Waals surface area contributed by atoms with Crippen molar-refractivity contribution >= 4 is 5.91 Å². The largest absolute Gasteiger partial charge is 0.342 e. The molecule has 0 aromatic rings. The Bertz CT molecular complexity index is 220. The van der Waals surface area contributed by atoms with E-state index in [9.17, 15) is 4.79 Å². The SMILES string of the molecule is C=C(CC)CNCC(=O)N1CCCCC1. The van der Waals surface area contributed by atoms with Gasteiger partial charge in [0.25, 0.3) is 0 Å². The maximum Gasteiger partial charge on any atom is 0.236 e. The number of likely N-dealkylation sites (tertiary alicyclic amines) is 1. The molecule has 0 saturated carbocycles. The molecule has 1 amide bonds. The van der Waals surface area contributed by atoms with Crippen molar-refractivity contribution in [3.63, 3.8) is 0 Å². The summed E-state index contributed by atoms with van der Waals surface area (Å²) in [6, 6.07) is 0. The zero-order valence-electron chi connectivity index (χ0n) is 9.72. The van der Waals surface area contributed by atoms with E-state index in [2.05, 4.69) is 18.8 Å². The lowest BCUT2D eigenvalue weighted by Gasteiger charge is -2.26. The Hall–Kier alpha value is -0.830. The Morgan fingerprint density at radius 2 is 1.93 bits per heavy atom. The van der Waals surface area contributed by atoms with E-state index >= 15 is 0 Å². The topological polar surface area (TPSA) is 32.3 Å². The third kappa shape index (κ3) is 4.47. The molecule has 0 unspecified atom stereocenters. The lowest BCUT2D eigenvalue weighted by atomic mass is 10.1. The monoisotopic (exact) mass is 210 g/mol. The summed E-state index contributed by atoms with van der Waals surface area (Å²) in [7, 11) is 0. The van der Waals surface area contributed by atoms with E-state index in [0.717, 1.165) is 44.5 Å². The van der Waals surface area contributed by atoms with Gasteiger partial charge in [0.15, 0.2) is 0 Å². The first-order chi connectivity index (χ1) is 7.24.